The molecule has 0 aliphatic carbocycles. The zero-order valence-electron chi connectivity index (χ0n) is 14.1. The van der Waals surface area contributed by atoms with Crippen molar-refractivity contribution in [1.29, 1.82) is 0 Å². The smallest absolute Gasteiger partial charge is 0.225 e. The van der Waals surface area contributed by atoms with Gasteiger partial charge in [0.2, 0.25) is 11.8 Å². The highest BCUT2D eigenvalue weighted by Gasteiger charge is 2.20. The second kappa shape index (κ2) is 8.57. The zero-order valence-corrected chi connectivity index (χ0v) is 14.1. The Balaban J connectivity index is 2.18. The Hall–Kier alpha value is -1.84. The summed E-state index contributed by atoms with van der Waals surface area (Å²) in [4.78, 5) is 23.5. The maximum atomic E-state index is 11.8. The fourth-order valence-corrected chi connectivity index (χ4v) is 1.97. The molecule has 4 nitrogen and oxygen atoms in total. The molecule has 0 saturated carbocycles. The van der Waals surface area contributed by atoms with E-state index in [-0.39, 0.29) is 17.2 Å². The van der Waals surface area contributed by atoms with Gasteiger partial charge in [0.1, 0.15) is 0 Å². The van der Waals surface area contributed by atoms with Gasteiger partial charge >= 0.3 is 0 Å². The number of hydrogen-bond donors (Lipinski definition) is 2. The van der Waals surface area contributed by atoms with Crippen molar-refractivity contribution in [3.8, 4) is 0 Å². The van der Waals surface area contributed by atoms with Gasteiger partial charge < -0.3 is 10.6 Å². The first kappa shape index (κ1) is 18.2. The first-order chi connectivity index (χ1) is 10.3. The molecule has 1 unspecified atom stereocenters. The minimum absolute atomic E-state index is 0.0191. The van der Waals surface area contributed by atoms with Crippen molar-refractivity contribution >= 4 is 11.8 Å². The van der Waals surface area contributed by atoms with E-state index in [1.54, 1.807) is 0 Å². The molecule has 0 aromatic heterocycles. The fourth-order valence-electron chi connectivity index (χ4n) is 1.97. The summed E-state index contributed by atoms with van der Waals surface area (Å²) in [7, 11) is 0. The van der Waals surface area contributed by atoms with Crippen LogP contribution in [-0.2, 0) is 9.59 Å². The molecule has 0 aliphatic rings. The van der Waals surface area contributed by atoms with Gasteiger partial charge in [-0.2, -0.15) is 0 Å². The third-order valence-electron chi connectivity index (χ3n) is 3.52. The van der Waals surface area contributed by atoms with Crippen LogP contribution in [0.15, 0.2) is 30.3 Å². The van der Waals surface area contributed by atoms with Gasteiger partial charge in [-0.1, -0.05) is 58.0 Å². The van der Waals surface area contributed by atoms with Gasteiger partial charge in [0, 0.05) is 24.9 Å². The molecule has 1 aromatic carbocycles. The van der Waals surface area contributed by atoms with Gasteiger partial charge in [0.15, 0.2) is 0 Å². The zero-order chi connectivity index (χ0) is 16.6. The van der Waals surface area contributed by atoms with Gasteiger partial charge in [0.05, 0.1) is 0 Å². The second-order valence-electron chi connectivity index (χ2n) is 6.73. The number of benzene rings is 1. The first-order valence-electron chi connectivity index (χ1n) is 7.90. The molecule has 0 radical (unpaired) electrons. The lowest BCUT2D eigenvalue weighted by atomic mass is 9.96. The Kier molecular flexibility index (Phi) is 7.09. The molecular formula is C18H28N2O2. The van der Waals surface area contributed by atoms with E-state index in [0.29, 0.717) is 31.8 Å². The van der Waals surface area contributed by atoms with Crippen molar-refractivity contribution in [1.82, 2.24) is 10.6 Å². The van der Waals surface area contributed by atoms with E-state index < -0.39 is 0 Å². The van der Waals surface area contributed by atoms with Gasteiger partial charge in [-0.05, 0) is 17.9 Å². The predicted molar refractivity (Wildman–Crippen MR) is 89.6 cm³/mol. The third-order valence-corrected chi connectivity index (χ3v) is 3.52. The molecule has 1 rings (SSSR count). The molecule has 0 aliphatic heterocycles. The maximum absolute atomic E-state index is 11.8. The van der Waals surface area contributed by atoms with E-state index in [9.17, 15) is 9.59 Å². The van der Waals surface area contributed by atoms with Crippen LogP contribution < -0.4 is 10.6 Å². The summed E-state index contributed by atoms with van der Waals surface area (Å²) < 4.78 is 0. The van der Waals surface area contributed by atoms with Crippen LogP contribution in [0.4, 0.5) is 0 Å². The van der Waals surface area contributed by atoms with Crippen LogP contribution >= 0.6 is 0 Å². The lowest BCUT2D eigenvalue weighted by Crippen LogP contribution is -2.36. The Labute approximate surface area is 133 Å². The molecule has 1 atom stereocenters. The van der Waals surface area contributed by atoms with E-state index in [4.69, 9.17) is 0 Å². The number of rotatable bonds is 7. The van der Waals surface area contributed by atoms with Crippen LogP contribution in [0.1, 0.15) is 52.0 Å². The van der Waals surface area contributed by atoms with Gasteiger partial charge in [-0.25, -0.2) is 0 Å². The fraction of sp³-hybridized carbons (Fsp3) is 0.556. The summed E-state index contributed by atoms with van der Waals surface area (Å²) in [5.74, 6) is 0.351. The Bertz CT molecular complexity index is 478. The molecule has 2 amide bonds. The molecule has 122 valence electrons. The molecule has 0 spiro atoms. The Morgan fingerprint density at radius 1 is 1.09 bits per heavy atom. The quantitative estimate of drug-likeness (QED) is 0.761. The molecule has 2 N–H and O–H groups in total. The van der Waals surface area contributed by atoms with Gasteiger partial charge in [0.25, 0.3) is 0 Å². The van der Waals surface area contributed by atoms with Crippen molar-refractivity contribution in [2.24, 2.45) is 5.41 Å². The largest absolute Gasteiger partial charge is 0.356 e. The number of carbonyl (C=O) groups excluding carboxylic acids is 2. The Morgan fingerprint density at radius 2 is 1.73 bits per heavy atom. The highest BCUT2D eigenvalue weighted by molar-refractivity contribution is 5.81. The second-order valence-corrected chi connectivity index (χ2v) is 6.73. The molecule has 0 heterocycles. The summed E-state index contributed by atoms with van der Waals surface area (Å²) in [6, 6.07) is 10.1. The lowest BCUT2D eigenvalue weighted by Gasteiger charge is -2.17. The normalized spacial score (nSPS) is 12.5. The Morgan fingerprint density at radius 3 is 2.32 bits per heavy atom. The van der Waals surface area contributed by atoms with Crippen LogP contribution in [0.2, 0.25) is 0 Å². The summed E-state index contributed by atoms with van der Waals surface area (Å²) in [5.41, 5.74) is 0.841. The van der Waals surface area contributed by atoms with E-state index in [0.717, 1.165) is 0 Å². The average molecular weight is 304 g/mol. The number of carbonyl (C=O) groups is 2. The molecule has 0 fully saturated rings. The molecule has 0 saturated heterocycles. The van der Waals surface area contributed by atoms with Crippen LogP contribution in [0.25, 0.3) is 0 Å². The number of amides is 2. The van der Waals surface area contributed by atoms with E-state index in [2.05, 4.69) is 29.7 Å². The van der Waals surface area contributed by atoms with Crippen molar-refractivity contribution < 1.29 is 9.59 Å². The minimum atomic E-state index is -0.382. The van der Waals surface area contributed by atoms with Gasteiger partial charge in [-0.3, -0.25) is 9.59 Å². The molecule has 4 heteroatoms. The van der Waals surface area contributed by atoms with E-state index >= 15 is 0 Å². The van der Waals surface area contributed by atoms with Crippen molar-refractivity contribution in [2.45, 2.75) is 46.5 Å². The lowest BCUT2D eigenvalue weighted by molar-refractivity contribution is -0.128. The van der Waals surface area contributed by atoms with Crippen LogP contribution in [0.5, 0.6) is 0 Å². The van der Waals surface area contributed by atoms with Crippen molar-refractivity contribution in [3.05, 3.63) is 35.9 Å². The highest BCUT2D eigenvalue weighted by Crippen LogP contribution is 2.13. The molecule has 22 heavy (non-hydrogen) atoms. The van der Waals surface area contributed by atoms with Crippen molar-refractivity contribution in [3.63, 3.8) is 0 Å². The SMILES string of the molecule is CC(CNC(=O)CCCNC(=O)C(C)(C)C)c1ccccc1. The topological polar surface area (TPSA) is 58.2 Å². The first-order valence-corrected chi connectivity index (χ1v) is 7.90. The average Bonchev–Trinajstić information content (AvgIpc) is 2.48. The molecule has 0 bridgehead atoms. The summed E-state index contributed by atoms with van der Waals surface area (Å²) in [6.07, 6.45) is 1.10. The molecular weight excluding hydrogens is 276 g/mol. The monoisotopic (exact) mass is 304 g/mol. The number of nitrogens with one attached hydrogen (secondary N) is 2. The van der Waals surface area contributed by atoms with Gasteiger partial charge in [-0.15, -0.1) is 0 Å². The van der Waals surface area contributed by atoms with Crippen molar-refractivity contribution in [2.75, 3.05) is 13.1 Å². The molecule has 1 aromatic rings. The summed E-state index contributed by atoms with van der Waals surface area (Å²) >= 11 is 0. The highest BCUT2D eigenvalue weighted by atomic mass is 16.2. The minimum Gasteiger partial charge on any atom is -0.356 e. The predicted octanol–water partition coefficient (Wildman–Crippen LogP) is 2.85. The van der Waals surface area contributed by atoms with E-state index in [1.165, 1.54) is 5.56 Å². The summed E-state index contributed by atoms with van der Waals surface area (Å²) in [5, 5.41) is 5.80. The van der Waals surface area contributed by atoms with E-state index in [1.807, 2.05) is 39.0 Å². The standard InChI is InChI=1S/C18H28N2O2/c1-14(15-9-6-5-7-10-15)13-20-16(21)11-8-12-19-17(22)18(2,3)4/h5-7,9-10,14H,8,11-13H2,1-4H3,(H,19,22)(H,20,21). The maximum Gasteiger partial charge on any atom is 0.225 e. The van der Waals surface area contributed by atoms with Crippen LogP contribution in [0.3, 0.4) is 0 Å². The number of hydrogen-bond acceptors (Lipinski definition) is 2. The van der Waals surface area contributed by atoms with Crippen LogP contribution in [0, 0.1) is 5.41 Å². The summed E-state index contributed by atoms with van der Waals surface area (Å²) in [6.45, 7) is 8.90. The van der Waals surface area contributed by atoms with Crippen LogP contribution in [-0.4, -0.2) is 24.9 Å². The third kappa shape index (κ3) is 6.74.